The minimum Gasteiger partial charge on any atom is -0.418 e. The highest BCUT2D eigenvalue weighted by molar-refractivity contribution is 6.50. The highest BCUT2D eigenvalue weighted by Gasteiger charge is 2.32. The molecule has 4 N–H and O–H groups in total. The molecule has 0 aliphatic rings. The molecule has 0 heterocycles. The first-order valence-corrected chi connectivity index (χ1v) is 7.82. The van der Waals surface area contributed by atoms with Gasteiger partial charge in [-0.1, -0.05) is 52.9 Å². The zero-order valence-corrected chi connectivity index (χ0v) is 14.5. The molecule has 0 aromatic rings. The van der Waals surface area contributed by atoms with Crippen molar-refractivity contribution in [2.45, 2.75) is 85.2 Å². The summed E-state index contributed by atoms with van der Waals surface area (Å²) in [7, 11) is -6.00. The molecule has 0 spiro atoms. The summed E-state index contributed by atoms with van der Waals surface area (Å²) in [5.74, 6) is -1.28. The molecule has 8 heteroatoms. The van der Waals surface area contributed by atoms with Crippen molar-refractivity contribution >= 4 is 7.25 Å². The van der Waals surface area contributed by atoms with Crippen molar-refractivity contribution in [2.75, 3.05) is 0 Å². The van der Waals surface area contributed by atoms with E-state index < -0.39 is 13.2 Å². The fraction of sp³-hybridized carbons (Fsp3) is 1.00. The van der Waals surface area contributed by atoms with E-state index in [0.29, 0.717) is 0 Å². The number of quaternary nitrogens is 1. The Hall–Kier alpha value is -0.335. The van der Waals surface area contributed by atoms with E-state index >= 15 is 0 Å². The van der Waals surface area contributed by atoms with Gasteiger partial charge in [0.15, 0.2) is 0 Å². The summed E-state index contributed by atoms with van der Waals surface area (Å²) in [6, 6.07) is 0. The predicted molar refractivity (Wildman–Crippen MR) is 81.4 cm³/mol. The number of rotatable bonds is 9. The summed E-state index contributed by atoms with van der Waals surface area (Å²) in [5, 5.41) is 9.56. The van der Waals surface area contributed by atoms with Crippen molar-refractivity contribution < 1.29 is 32.8 Å². The van der Waals surface area contributed by atoms with Crippen LogP contribution in [0.4, 0.5) is 17.3 Å². The van der Waals surface area contributed by atoms with Crippen LogP contribution >= 0.6 is 0 Å². The number of halogens is 4. The van der Waals surface area contributed by atoms with Crippen LogP contribution in [0.2, 0.25) is 0 Å². The lowest BCUT2D eigenvalue weighted by Crippen LogP contribution is -2.73. The van der Waals surface area contributed by atoms with Crippen LogP contribution in [0.1, 0.15) is 73.1 Å². The van der Waals surface area contributed by atoms with Crippen LogP contribution in [0.15, 0.2) is 0 Å². The smallest absolute Gasteiger partial charge is 0.418 e. The average molecular weight is 333 g/mol. The summed E-state index contributed by atoms with van der Waals surface area (Å²) in [6.07, 6.45) is 7.63. The molecule has 0 radical (unpaired) electrons. The third-order valence-corrected chi connectivity index (χ3v) is 3.46. The number of hydrogen-bond acceptors (Lipinski definition) is 2. The molecular formula is C14H32BF4NO2. The van der Waals surface area contributed by atoms with E-state index in [1.54, 1.807) is 6.92 Å². The Morgan fingerprint density at radius 3 is 1.82 bits per heavy atom. The van der Waals surface area contributed by atoms with Crippen LogP contribution in [-0.2, 0) is 4.74 Å². The maximum absolute atomic E-state index is 9.75. The zero-order valence-electron chi connectivity index (χ0n) is 14.5. The van der Waals surface area contributed by atoms with E-state index in [1.807, 2.05) is 6.92 Å². The van der Waals surface area contributed by atoms with Gasteiger partial charge in [-0.25, -0.2) is 0 Å². The van der Waals surface area contributed by atoms with Crippen molar-refractivity contribution in [3.05, 3.63) is 0 Å². The van der Waals surface area contributed by atoms with Gasteiger partial charge in [0.25, 0.3) is 0 Å². The van der Waals surface area contributed by atoms with Gasteiger partial charge in [-0.15, -0.1) is 0 Å². The zero-order chi connectivity index (χ0) is 18.0. The second-order valence-corrected chi connectivity index (χ2v) is 6.58. The van der Waals surface area contributed by atoms with Crippen molar-refractivity contribution in [3.8, 4) is 0 Å². The summed E-state index contributed by atoms with van der Waals surface area (Å²) in [6.45, 7) is 10.2. The molecule has 0 aliphatic heterocycles. The standard InChI is InChI=1S/C14H31NO2.BF4/c1-6-7-8-9-10-11-13(3,4)12(2)17-14(5,15)16;2-1(3,4)5/h12,16H,6-11,15H2,1-5H3;/q;-1/p+1. The van der Waals surface area contributed by atoms with Gasteiger partial charge in [0.2, 0.25) is 0 Å². The Labute approximate surface area is 131 Å². The fourth-order valence-electron chi connectivity index (χ4n) is 1.93. The first-order valence-electron chi connectivity index (χ1n) is 7.82. The van der Waals surface area contributed by atoms with Crippen LogP contribution in [0.5, 0.6) is 0 Å². The molecule has 136 valence electrons. The second kappa shape index (κ2) is 10.4. The maximum Gasteiger partial charge on any atom is 0.673 e. The Balaban J connectivity index is 0. The van der Waals surface area contributed by atoms with Crippen LogP contribution < -0.4 is 5.73 Å². The Bertz CT molecular complexity index is 275. The number of aliphatic hydroxyl groups is 1. The van der Waals surface area contributed by atoms with Gasteiger partial charge in [-0.3, -0.25) is 0 Å². The van der Waals surface area contributed by atoms with Crippen LogP contribution in [0.25, 0.3) is 0 Å². The Kier molecular flexibility index (Phi) is 11.4. The maximum atomic E-state index is 9.75. The summed E-state index contributed by atoms with van der Waals surface area (Å²) >= 11 is 0. The topological polar surface area (TPSA) is 57.1 Å². The Morgan fingerprint density at radius 2 is 1.45 bits per heavy atom. The second-order valence-electron chi connectivity index (χ2n) is 6.58. The molecule has 22 heavy (non-hydrogen) atoms. The van der Waals surface area contributed by atoms with Gasteiger partial charge < -0.3 is 32.8 Å². The van der Waals surface area contributed by atoms with Gasteiger partial charge in [0.05, 0.1) is 6.10 Å². The first-order chi connectivity index (χ1) is 9.69. The van der Waals surface area contributed by atoms with Gasteiger partial charge in [0, 0.05) is 6.92 Å². The SMILES string of the molecule is CCCCCCCC(C)(C)C(C)OC(C)([NH3+])O.F[B-](F)(F)F. The molecule has 0 aromatic carbocycles. The van der Waals surface area contributed by atoms with Crippen molar-refractivity contribution in [2.24, 2.45) is 5.41 Å². The molecular weight excluding hydrogens is 301 g/mol. The molecule has 3 nitrogen and oxygen atoms in total. The van der Waals surface area contributed by atoms with E-state index in [4.69, 9.17) is 4.74 Å². The monoisotopic (exact) mass is 333 g/mol. The third kappa shape index (κ3) is 19.7. The van der Waals surface area contributed by atoms with E-state index in [2.05, 4.69) is 26.5 Å². The Morgan fingerprint density at radius 1 is 1.05 bits per heavy atom. The van der Waals surface area contributed by atoms with Gasteiger partial charge in [-0.2, -0.15) is 0 Å². The molecule has 2 unspecified atom stereocenters. The minimum absolute atomic E-state index is 0.0150. The highest BCUT2D eigenvalue weighted by atomic mass is 19.5. The largest absolute Gasteiger partial charge is 0.673 e. The summed E-state index contributed by atoms with van der Waals surface area (Å²) < 4.78 is 44.5. The predicted octanol–water partition coefficient (Wildman–Crippen LogP) is 3.99. The average Bonchev–Trinajstić information content (AvgIpc) is 2.24. The number of hydrogen-bond donors (Lipinski definition) is 2. The van der Waals surface area contributed by atoms with E-state index in [-0.39, 0.29) is 11.5 Å². The van der Waals surface area contributed by atoms with Crippen molar-refractivity contribution in [1.82, 2.24) is 0 Å². The fourth-order valence-corrected chi connectivity index (χ4v) is 1.93. The number of unbranched alkanes of at least 4 members (excludes halogenated alkanes) is 4. The van der Waals surface area contributed by atoms with E-state index in [1.165, 1.54) is 32.1 Å². The third-order valence-electron chi connectivity index (χ3n) is 3.46. The molecule has 0 aromatic heterocycles. The summed E-state index contributed by atoms with van der Waals surface area (Å²) in [5.41, 5.74) is 3.67. The quantitative estimate of drug-likeness (QED) is 0.290. The van der Waals surface area contributed by atoms with E-state index in [0.717, 1.165) is 6.42 Å². The molecule has 0 aliphatic carbocycles. The van der Waals surface area contributed by atoms with Gasteiger partial charge in [-0.05, 0) is 18.8 Å². The van der Waals surface area contributed by atoms with Gasteiger partial charge in [0.1, 0.15) is 0 Å². The molecule has 0 bridgehead atoms. The highest BCUT2D eigenvalue weighted by Crippen LogP contribution is 2.31. The normalized spacial score (nSPS) is 16.5. The van der Waals surface area contributed by atoms with E-state index in [9.17, 15) is 22.4 Å². The van der Waals surface area contributed by atoms with Crippen LogP contribution in [-0.4, -0.2) is 24.4 Å². The van der Waals surface area contributed by atoms with Crippen molar-refractivity contribution in [1.29, 1.82) is 0 Å². The van der Waals surface area contributed by atoms with Crippen molar-refractivity contribution in [3.63, 3.8) is 0 Å². The summed E-state index contributed by atoms with van der Waals surface area (Å²) in [4.78, 5) is 0. The lowest BCUT2D eigenvalue weighted by atomic mass is 9.82. The van der Waals surface area contributed by atoms with Crippen LogP contribution in [0, 0.1) is 5.41 Å². The number of ether oxygens (including phenoxy) is 1. The molecule has 0 saturated heterocycles. The van der Waals surface area contributed by atoms with Gasteiger partial charge >= 0.3 is 13.2 Å². The minimum atomic E-state index is -6.00. The lowest BCUT2D eigenvalue weighted by molar-refractivity contribution is -0.626. The molecule has 0 fully saturated rings. The molecule has 0 amide bonds. The molecule has 2 atom stereocenters. The molecule has 0 rings (SSSR count). The molecule has 0 saturated carbocycles. The lowest BCUT2D eigenvalue weighted by Gasteiger charge is -2.34. The first kappa shape index (κ1) is 23.9. The van der Waals surface area contributed by atoms with Crippen LogP contribution in [0.3, 0.4) is 0 Å².